The van der Waals surface area contributed by atoms with Crippen LogP contribution >= 0.6 is 0 Å². The van der Waals surface area contributed by atoms with E-state index in [-0.39, 0.29) is 18.6 Å². The van der Waals surface area contributed by atoms with Gasteiger partial charge in [0.25, 0.3) is 5.91 Å². The molecule has 1 fully saturated rings. The third-order valence-electron chi connectivity index (χ3n) is 3.66. The maximum Gasteiger partial charge on any atom is 0.271 e. The van der Waals surface area contributed by atoms with Crippen molar-refractivity contribution in [3.63, 3.8) is 0 Å². The number of aliphatic hydroxyl groups excluding tert-OH is 1. The van der Waals surface area contributed by atoms with Gasteiger partial charge in [-0.15, -0.1) is 0 Å². The number of aromatic nitrogens is 1. The number of aliphatic hydroxyl groups is 1. The summed E-state index contributed by atoms with van der Waals surface area (Å²) in [7, 11) is 0. The minimum Gasteiger partial charge on any atom is -0.384 e. The molecule has 1 aromatic heterocycles. The standard InChI is InChI=1S/C16H20N2O3/c1-12(13-6-10-21-11-7-13)18-16(20)15-14(5-3-9-19)4-2-8-17-15/h2,4,8,12-13,19H,6-7,9-11H2,1H3,(H,18,20). The van der Waals surface area contributed by atoms with E-state index < -0.39 is 0 Å². The van der Waals surface area contributed by atoms with E-state index in [4.69, 9.17) is 9.84 Å². The fourth-order valence-corrected chi connectivity index (χ4v) is 2.43. The third-order valence-corrected chi connectivity index (χ3v) is 3.66. The second kappa shape index (κ2) is 7.77. The Balaban J connectivity index is 2.05. The highest BCUT2D eigenvalue weighted by molar-refractivity contribution is 5.94. The van der Waals surface area contributed by atoms with Crippen LogP contribution in [0.3, 0.4) is 0 Å². The maximum atomic E-state index is 12.3. The van der Waals surface area contributed by atoms with E-state index in [0.29, 0.717) is 17.2 Å². The fourth-order valence-electron chi connectivity index (χ4n) is 2.43. The second-order valence-corrected chi connectivity index (χ2v) is 5.07. The highest BCUT2D eigenvalue weighted by Crippen LogP contribution is 2.19. The van der Waals surface area contributed by atoms with Gasteiger partial charge in [0, 0.05) is 25.5 Å². The first-order chi connectivity index (χ1) is 10.2. The van der Waals surface area contributed by atoms with Crippen LogP contribution in [0.25, 0.3) is 0 Å². The first-order valence-corrected chi connectivity index (χ1v) is 7.15. The predicted octanol–water partition coefficient (Wildman–Crippen LogP) is 0.970. The quantitative estimate of drug-likeness (QED) is 0.813. The van der Waals surface area contributed by atoms with E-state index in [1.165, 1.54) is 0 Å². The Morgan fingerprint density at radius 2 is 2.33 bits per heavy atom. The molecule has 2 rings (SSSR count). The van der Waals surface area contributed by atoms with Crippen molar-refractivity contribution < 1.29 is 14.6 Å². The van der Waals surface area contributed by atoms with Gasteiger partial charge < -0.3 is 15.2 Å². The molecular weight excluding hydrogens is 268 g/mol. The van der Waals surface area contributed by atoms with Crippen LogP contribution in [0.15, 0.2) is 18.3 Å². The average Bonchev–Trinajstić information content (AvgIpc) is 2.54. The lowest BCUT2D eigenvalue weighted by atomic mass is 9.93. The minimum atomic E-state index is -0.242. The number of amides is 1. The van der Waals surface area contributed by atoms with Crippen molar-refractivity contribution in [2.24, 2.45) is 5.92 Å². The van der Waals surface area contributed by atoms with Crippen LogP contribution in [0.2, 0.25) is 0 Å². The van der Waals surface area contributed by atoms with Gasteiger partial charge in [-0.05, 0) is 37.8 Å². The number of carbonyl (C=O) groups is 1. The zero-order valence-corrected chi connectivity index (χ0v) is 12.1. The van der Waals surface area contributed by atoms with Crippen LogP contribution in [-0.4, -0.2) is 41.9 Å². The van der Waals surface area contributed by atoms with Gasteiger partial charge in [-0.25, -0.2) is 4.98 Å². The van der Waals surface area contributed by atoms with Crippen LogP contribution in [-0.2, 0) is 4.74 Å². The van der Waals surface area contributed by atoms with Gasteiger partial charge in [-0.2, -0.15) is 0 Å². The molecule has 1 atom stereocenters. The first kappa shape index (κ1) is 15.5. The van der Waals surface area contributed by atoms with Crippen molar-refractivity contribution in [1.29, 1.82) is 0 Å². The summed E-state index contributed by atoms with van der Waals surface area (Å²) >= 11 is 0. The number of nitrogens with one attached hydrogen (secondary N) is 1. The molecule has 0 bridgehead atoms. The first-order valence-electron chi connectivity index (χ1n) is 7.15. The average molecular weight is 288 g/mol. The molecule has 1 unspecified atom stereocenters. The summed E-state index contributed by atoms with van der Waals surface area (Å²) in [6.45, 7) is 3.27. The second-order valence-electron chi connectivity index (χ2n) is 5.07. The minimum absolute atomic E-state index is 0.0713. The molecule has 5 nitrogen and oxygen atoms in total. The van der Waals surface area contributed by atoms with Gasteiger partial charge in [0.2, 0.25) is 0 Å². The molecule has 1 aliphatic rings. The van der Waals surface area contributed by atoms with Crippen molar-refractivity contribution in [2.75, 3.05) is 19.8 Å². The number of pyridine rings is 1. The maximum absolute atomic E-state index is 12.3. The molecular formula is C16H20N2O3. The van der Waals surface area contributed by atoms with Gasteiger partial charge in [0.1, 0.15) is 12.3 Å². The largest absolute Gasteiger partial charge is 0.384 e. The van der Waals surface area contributed by atoms with Gasteiger partial charge in [0.15, 0.2) is 0 Å². The Morgan fingerprint density at radius 3 is 3.05 bits per heavy atom. The summed E-state index contributed by atoms with van der Waals surface area (Å²) < 4.78 is 5.34. The monoisotopic (exact) mass is 288 g/mol. The van der Waals surface area contributed by atoms with Crippen molar-refractivity contribution in [1.82, 2.24) is 10.3 Å². The molecule has 1 aliphatic heterocycles. The van der Waals surface area contributed by atoms with Crippen LogP contribution in [0, 0.1) is 17.8 Å². The Morgan fingerprint density at radius 1 is 1.57 bits per heavy atom. The Labute approximate surface area is 124 Å². The Hall–Kier alpha value is -1.90. The molecule has 1 aromatic rings. The van der Waals surface area contributed by atoms with E-state index in [9.17, 15) is 4.79 Å². The zero-order valence-electron chi connectivity index (χ0n) is 12.1. The summed E-state index contributed by atoms with van der Waals surface area (Å²) in [5.74, 6) is 5.50. The normalized spacial score (nSPS) is 16.7. The van der Waals surface area contributed by atoms with Crippen molar-refractivity contribution >= 4 is 5.91 Å². The number of hydrogen-bond donors (Lipinski definition) is 2. The number of ether oxygens (including phenoxy) is 1. The van der Waals surface area contributed by atoms with E-state index in [0.717, 1.165) is 26.1 Å². The number of nitrogens with zero attached hydrogens (tertiary/aromatic N) is 1. The molecule has 0 spiro atoms. The molecule has 0 aliphatic carbocycles. The smallest absolute Gasteiger partial charge is 0.271 e. The van der Waals surface area contributed by atoms with E-state index in [1.54, 1.807) is 18.3 Å². The van der Waals surface area contributed by atoms with E-state index >= 15 is 0 Å². The lowest BCUT2D eigenvalue weighted by molar-refractivity contribution is 0.0537. The van der Waals surface area contributed by atoms with E-state index in [2.05, 4.69) is 22.1 Å². The van der Waals surface area contributed by atoms with Gasteiger partial charge >= 0.3 is 0 Å². The summed E-state index contributed by atoms with van der Waals surface area (Å²) in [6, 6.07) is 3.52. The third kappa shape index (κ3) is 4.28. The predicted molar refractivity (Wildman–Crippen MR) is 78.7 cm³/mol. The summed E-state index contributed by atoms with van der Waals surface area (Å²) in [5.41, 5.74) is 0.834. The van der Waals surface area contributed by atoms with Crippen molar-refractivity contribution in [3.05, 3.63) is 29.6 Å². The summed E-state index contributed by atoms with van der Waals surface area (Å²) in [4.78, 5) is 16.5. The lowest BCUT2D eigenvalue weighted by Gasteiger charge is -2.28. The fraction of sp³-hybridized carbons (Fsp3) is 0.500. The van der Waals surface area contributed by atoms with Gasteiger partial charge in [-0.1, -0.05) is 11.8 Å². The van der Waals surface area contributed by atoms with Crippen molar-refractivity contribution in [3.8, 4) is 11.8 Å². The van der Waals surface area contributed by atoms with Crippen molar-refractivity contribution in [2.45, 2.75) is 25.8 Å². The summed E-state index contributed by atoms with van der Waals surface area (Å²) in [5, 5.41) is 11.8. The SMILES string of the molecule is CC(NC(=O)c1ncccc1C#CCO)C1CCOCC1. The van der Waals surface area contributed by atoms with Crippen LogP contribution in [0.5, 0.6) is 0 Å². The van der Waals surface area contributed by atoms with Crippen LogP contribution in [0.1, 0.15) is 35.8 Å². The van der Waals surface area contributed by atoms with Gasteiger partial charge in [-0.3, -0.25) is 4.79 Å². The molecule has 1 amide bonds. The van der Waals surface area contributed by atoms with Gasteiger partial charge in [0.05, 0.1) is 5.56 Å². The molecule has 0 radical (unpaired) electrons. The number of rotatable bonds is 3. The molecule has 1 saturated heterocycles. The van der Waals surface area contributed by atoms with Crippen LogP contribution < -0.4 is 5.32 Å². The van der Waals surface area contributed by atoms with E-state index in [1.807, 2.05) is 6.92 Å². The lowest BCUT2D eigenvalue weighted by Crippen LogP contribution is -2.40. The molecule has 112 valence electrons. The zero-order chi connectivity index (χ0) is 15.1. The molecule has 2 heterocycles. The number of carbonyl (C=O) groups excluding carboxylic acids is 1. The Kier molecular flexibility index (Phi) is 5.73. The molecule has 2 N–H and O–H groups in total. The number of hydrogen-bond acceptors (Lipinski definition) is 4. The molecule has 5 heteroatoms. The highest BCUT2D eigenvalue weighted by Gasteiger charge is 2.23. The topological polar surface area (TPSA) is 71.5 Å². The molecule has 21 heavy (non-hydrogen) atoms. The molecule has 0 saturated carbocycles. The van der Waals surface area contributed by atoms with Crippen LogP contribution in [0.4, 0.5) is 0 Å². The highest BCUT2D eigenvalue weighted by atomic mass is 16.5. The summed E-state index contributed by atoms with van der Waals surface area (Å²) in [6.07, 6.45) is 3.49. The Bertz CT molecular complexity index is 542. The molecule has 0 aromatic carbocycles.